The number of alkyl halides is 3. The van der Waals surface area contributed by atoms with Crippen molar-refractivity contribution in [3.63, 3.8) is 0 Å². The standard InChI is InChI=1S/C13H12F3NO2/c1-2-17-9(7-11(18)19)6-8-4-3-5-10(12(8)17)13(14,15)16/h3-6H,2,7H2,1H3,(H,18,19). The van der Waals surface area contributed by atoms with Gasteiger partial charge in [-0.25, -0.2) is 0 Å². The lowest BCUT2D eigenvalue weighted by molar-refractivity contribution is -0.137. The Labute approximate surface area is 107 Å². The molecule has 2 aromatic rings. The lowest BCUT2D eigenvalue weighted by Crippen LogP contribution is -2.11. The van der Waals surface area contributed by atoms with Crippen molar-refractivity contribution in [2.75, 3.05) is 0 Å². The minimum absolute atomic E-state index is 0.0498. The molecule has 0 amide bonds. The predicted molar refractivity (Wildman–Crippen MR) is 64.0 cm³/mol. The molecule has 0 fully saturated rings. The zero-order valence-electron chi connectivity index (χ0n) is 10.2. The van der Waals surface area contributed by atoms with E-state index in [1.54, 1.807) is 13.0 Å². The number of carboxylic acid groups (broad SMARTS) is 1. The quantitative estimate of drug-likeness (QED) is 0.930. The van der Waals surface area contributed by atoms with E-state index in [4.69, 9.17) is 5.11 Å². The number of nitrogens with zero attached hydrogens (tertiary/aromatic N) is 1. The van der Waals surface area contributed by atoms with Gasteiger partial charge >= 0.3 is 12.1 Å². The van der Waals surface area contributed by atoms with Crippen molar-refractivity contribution in [2.45, 2.75) is 26.1 Å². The molecule has 0 radical (unpaired) electrons. The zero-order valence-corrected chi connectivity index (χ0v) is 10.2. The van der Waals surface area contributed by atoms with Crippen molar-refractivity contribution in [2.24, 2.45) is 0 Å². The molecule has 0 saturated carbocycles. The first kappa shape index (κ1) is 13.5. The van der Waals surface area contributed by atoms with Gasteiger partial charge in [0, 0.05) is 17.6 Å². The molecule has 0 unspecified atom stereocenters. The zero-order chi connectivity index (χ0) is 14.2. The molecule has 1 aromatic heterocycles. The summed E-state index contributed by atoms with van der Waals surface area (Å²) in [5, 5.41) is 9.22. The van der Waals surface area contributed by atoms with Crippen LogP contribution in [0.25, 0.3) is 10.9 Å². The summed E-state index contributed by atoms with van der Waals surface area (Å²) in [5.41, 5.74) is -0.307. The number of carboxylic acids is 1. The maximum absolute atomic E-state index is 13.0. The Kier molecular flexibility index (Phi) is 3.26. The lowest BCUT2D eigenvalue weighted by Gasteiger charge is -2.12. The molecule has 0 atom stereocenters. The number of rotatable bonds is 3. The second-order valence-electron chi connectivity index (χ2n) is 4.19. The monoisotopic (exact) mass is 271 g/mol. The van der Waals surface area contributed by atoms with Crippen LogP contribution in [0.5, 0.6) is 0 Å². The number of hydrogen-bond acceptors (Lipinski definition) is 1. The highest BCUT2D eigenvalue weighted by Gasteiger charge is 2.34. The Bertz CT molecular complexity index is 629. The Hall–Kier alpha value is -1.98. The number of benzene rings is 1. The number of fused-ring (bicyclic) bond motifs is 1. The Balaban J connectivity index is 2.74. The van der Waals surface area contributed by atoms with Gasteiger partial charge in [-0.1, -0.05) is 12.1 Å². The van der Waals surface area contributed by atoms with E-state index in [0.29, 0.717) is 17.6 Å². The van der Waals surface area contributed by atoms with E-state index in [9.17, 15) is 18.0 Å². The average molecular weight is 271 g/mol. The van der Waals surface area contributed by atoms with Crippen molar-refractivity contribution in [1.82, 2.24) is 4.57 Å². The van der Waals surface area contributed by atoms with E-state index in [2.05, 4.69) is 0 Å². The highest BCUT2D eigenvalue weighted by atomic mass is 19.4. The summed E-state index contributed by atoms with van der Waals surface area (Å²) in [5.74, 6) is -1.06. The molecule has 19 heavy (non-hydrogen) atoms. The Morgan fingerprint density at radius 3 is 2.58 bits per heavy atom. The summed E-state index contributed by atoms with van der Waals surface area (Å²) in [7, 11) is 0. The van der Waals surface area contributed by atoms with Gasteiger partial charge in [0.25, 0.3) is 0 Å². The maximum atomic E-state index is 13.0. The molecule has 0 bridgehead atoms. The third-order valence-electron chi connectivity index (χ3n) is 2.96. The van der Waals surface area contributed by atoms with Crippen molar-refractivity contribution in [1.29, 1.82) is 0 Å². The predicted octanol–water partition coefficient (Wildman–Crippen LogP) is 3.31. The van der Waals surface area contributed by atoms with Crippen LogP contribution in [0.1, 0.15) is 18.2 Å². The molecule has 102 valence electrons. The Morgan fingerprint density at radius 2 is 2.05 bits per heavy atom. The van der Waals surface area contributed by atoms with E-state index < -0.39 is 17.7 Å². The van der Waals surface area contributed by atoms with E-state index in [-0.39, 0.29) is 11.9 Å². The van der Waals surface area contributed by atoms with Crippen LogP contribution in [0, 0.1) is 0 Å². The number of halogens is 3. The summed E-state index contributed by atoms with van der Waals surface area (Å²) < 4.78 is 40.3. The van der Waals surface area contributed by atoms with Crippen LogP contribution in [-0.2, 0) is 23.9 Å². The van der Waals surface area contributed by atoms with E-state index in [0.717, 1.165) is 6.07 Å². The van der Waals surface area contributed by atoms with Crippen molar-refractivity contribution < 1.29 is 23.1 Å². The molecule has 0 aliphatic carbocycles. The van der Waals surface area contributed by atoms with Gasteiger partial charge < -0.3 is 9.67 Å². The highest BCUT2D eigenvalue weighted by molar-refractivity contribution is 5.86. The first-order valence-electron chi connectivity index (χ1n) is 5.74. The normalized spacial score (nSPS) is 12.0. The van der Waals surface area contributed by atoms with Gasteiger partial charge in [0.1, 0.15) is 0 Å². The van der Waals surface area contributed by atoms with Crippen molar-refractivity contribution in [3.05, 3.63) is 35.5 Å². The smallest absolute Gasteiger partial charge is 0.418 e. The SMILES string of the molecule is CCn1c(CC(=O)O)cc2cccc(C(F)(F)F)c21. The fourth-order valence-corrected chi connectivity index (χ4v) is 2.27. The molecule has 0 aliphatic rings. The van der Waals surface area contributed by atoms with Gasteiger partial charge in [0.05, 0.1) is 17.5 Å². The minimum atomic E-state index is -4.45. The Morgan fingerprint density at radius 1 is 1.37 bits per heavy atom. The number of aliphatic carboxylic acids is 1. The molecular weight excluding hydrogens is 259 g/mol. The highest BCUT2D eigenvalue weighted by Crippen LogP contribution is 2.36. The minimum Gasteiger partial charge on any atom is -0.481 e. The number of para-hydroxylation sites is 1. The van der Waals surface area contributed by atoms with Gasteiger partial charge in [0.15, 0.2) is 0 Å². The van der Waals surface area contributed by atoms with Crippen LogP contribution in [0.4, 0.5) is 13.2 Å². The third kappa shape index (κ3) is 2.43. The van der Waals surface area contributed by atoms with Gasteiger partial charge in [-0.3, -0.25) is 4.79 Å². The second-order valence-corrected chi connectivity index (χ2v) is 4.19. The van der Waals surface area contributed by atoms with E-state index >= 15 is 0 Å². The first-order chi connectivity index (χ1) is 8.84. The molecule has 0 saturated heterocycles. The maximum Gasteiger partial charge on any atom is 0.418 e. The molecule has 2 rings (SSSR count). The van der Waals surface area contributed by atoms with Crippen LogP contribution in [0.3, 0.4) is 0 Å². The summed E-state index contributed by atoms with van der Waals surface area (Å²) in [4.78, 5) is 10.8. The molecule has 0 aliphatic heterocycles. The van der Waals surface area contributed by atoms with Crippen molar-refractivity contribution in [3.8, 4) is 0 Å². The van der Waals surface area contributed by atoms with Crippen LogP contribution < -0.4 is 0 Å². The fraction of sp³-hybridized carbons (Fsp3) is 0.308. The second kappa shape index (κ2) is 4.60. The first-order valence-corrected chi connectivity index (χ1v) is 5.74. The van der Waals surface area contributed by atoms with Crippen LogP contribution in [-0.4, -0.2) is 15.6 Å². The molecular formula is C13H12F3NO2. The average Bonchev–Trinajstić information content (AvgIpc) is 2.63. The summed E-state index contributed by atoms with van der Waals surface area (Å²) in [6, 6.07) is 5.40. The van der Waals surface area contributed by atoms with Gasteiger partial charge in [0.2, 0.25) is 0 Å². The van der Waals surface area contributed by atoms with E-state index in [1.165, 1.54) is 16.7 Å². The van der Waals surface area contributed by atoms with E-state index in [1.807, 2.05) is 0 Å². The van der Waals surface area contributed by atoms with Gasteiger partial charge in [-0.05, 0) is 19.1 Å². The number of aromatic nitrogens is 1. The van der Waals surface area contributed by atoms with Crippen LogP contribution in [0.2, 0.25) is 0 Å². The van der Waals surface area contributed by atoms with Crippen LogP contribution in [0.15, 0.2) is 24.3 Å². The number of aryl methyl sites for hydroxylation is 1. The molecule has 1 N–H and O–H groups in total. The van der Waals surface area contributed by atoms with Crippen molar-refractivity contribution >= 4 is 16.9 Å². The largest absolute Gasteiger partial charge is 0.481 e. The molecule has 6 heteroatoms. The number of hydrogen-bond donors (Lipinski definition) is 1. The fourth-order valence-electron chi connectivity index (χ4n) is 2.27. The number of carbonyl (C=O) groups is 1. The summed E-state index contributed by atoms with van der Waals surface area (Å²) >= 11 is 0. The summed E-state index contributed by atoms with van der Waals surface area (Å²) in [6.45, 7) is 1.98. The summed E-state index contributed by atoms with van der Waals surface area (Å²) in [6.07, 6.45) is -4.74. The molecule has 1 heterocycles. The topological polar surface area (TPSA) is 42.2 Å². The lowest BCUT2D eigenvalue weighted by atomic mass is 10.1. The van der Waals surface area contributed by atoms with Crippen LogP contribution >= 0.6 is 0 Å². The molecule has 0 spiro atoms. The third-order valence-corrected chi connectivity index (χ3v) is 2.96. The van der Waals surface area contributed by atoms with Gasteiger partial charge in [-0.2, -0.15) is 13.2 Å². The molecule has 1 aromatic carbocycles. The van der Waals surface area contributed by atoms with Gasteiger partial charge in [-0.15, -0.1) is 0 Å². The molecule has 3 nitrogen and oxygen atoms in total.